The molecule has 0 aliphatic heterocycles. The highest BCUT2D eigenvalue weighted by Crippen LogP contribution is 2.21. The Labute approximate surface area is 89.4 Å². The van der Waals surface area contributed by atoms with Gasteiger partial charge in [-0.1, -0.05) is 12.0 Å². The van der Waals surface area contributed by atoms with Crippen molar-refractivity contribution in [3.63, 3.8) is 0 Å². The molecule has 1 unspecified atom stereocenters. The van der Waals surface area contributed by atoms with E-state index < -0.39 is 0 Å². The number of rotatable bonds is 4. The molecule has 0 saturated carbocycles. The van der Waals surface area contributed by atoms with Gasteiger partial charge in [0.2, 0.25) is 0 Å². The molecule has 0 spiro atoms. The van der Waals surface area contributed by atoms with E-state index in [0.717, 1.165) is 5.56 Å². The first-order valence-corrected chi connectivity index (χ1v) is 4.72. The molecule has 0 aliphatic rings. The predicted octanol–water partition coefficient (Wildman–Crippen LogP) is 2.12. The molecule has 80 valence electrons. The van der Waals surface area contributed by atoms with Gasteiger partial charge in [-0.3, -0.25) is 0 Å². The lowest BCUT2D eigenvalue weighted by Crippen LogP contribution is -2.12. The van der Waals surface area contributed by atoms with Gasteiger partial charge in [0.05, 0.1) is 0 Å². The van der Waals surface area contributed by atoms with Gasteiger partial charge in [-0.25, -0.2) is 4.39 Å². The molecule has 0 aromatic heterocycles. The summed E-state index contributed by atoms with van der Waals surface area (Å²) < 4.78 is 18.5. The van der Waals surface area contributed by atoms with Gasteiger partial charge < -0.3 is 10.1 Å². The molecule has 0 heterocycles. The molecule has 15 heavy (non-hydrogen) atoms. The van der Waals surface area contributed by atoms with E-state index in [1.807, 2.05) is 20.0 Å². The summed E-state index contributed by atoms with van der Waals surface area (Å²) in [6, 6.07) is 4.97. The van der Waals surface area contributed by atoms with Crippen LogP contribution < -0.4 is 10.1 Å². The van der Waals surface area contributed by atoms with Gasteiger partial charge >= 0.3 is 0 Å². The number of benzene rings is 1. The van der Waals surface area contributed by atoms with Crippen molar-refractivity contribution in [3.8, 4) is 18.1 Å². The van der Waals surface area contributed by atoms with Gasteiger partial charge in [-0.05, 0) is 31.7 Å². The van der Waals surface area contributed by atoms with Gasteiger partial charge in [0.25, 0.3) is 0 Å². The van der Waals surface area contributed by atoms with Gasteiger partial charge in [0.15, 0.2) is 11.6 Å². The molecule has 0 aliphatic carbocycles. The maximum absolute atomic E-state index is 13.4. The Morgan fingerprint density at radius 3 is 2.87 bits per heavy atom. The van der Waals surface area contributed by atoms with Crippen LogP contribution in [0.4, 0.5) is 4.39 Å². The molecule has 1 rings (SSSR count). The van der Waals surface area contributed by atoms with Crippen molar-refractivity contribution in [1.82, 2.24) is 5.32 Å². The maximum atomic E-state index is 13.4. The summed E-state index contributed by atoms with van der Waals surface area (Å²) in [5.74, 6) is 2.10. The number of ether oxygens (including phenoxy) is 1. The third-order valence-electron chi connectivity index (χ3n) is 2.20. The zero-order valence-electron chi connectivity index (χ0n) is 8.88. The minimum Gasteiger partial charge on any atom is -0.478 e. The first-order valence-electron chi connectivity index (χ1n) is 4.72. The summed E-state index contributed by atoms with van der Waals surface area (Å²) in [5, 5.41) is 3.03. The molecule has 2 nitrogen and oxygen atoms in total. The molecule has 0 saturated heterocycles. The molecule has 1 N–H and O–H groups in total. The van der Waals surface area contributed by atoms with Crippen molar-refractivity contribution in [2.75, 3.05) is 13.7 Å². The average molecular weight is 207 g/mol. The second-order valence-electron chi connectivity index (χ2n) is 3.19. The fourth-order valence-corrected chi connectivity index (χ4v) is 1.19. The van der Waals surface area contributed by atoms with Crippen LogP contribution in [0.2, 0.25) is 0 Å². The lowest BCUT2D eigenvalue weighted by molar-refractivity contribution is 0.347. The van der Waals surface area contributed by atoms with Gasteiger partial charge in [-0.15, -0.1) is 6.42 Å². The van der Waals surface area contributed by atoms with Crippen LogP contribution >= 0.6 is 0 Å². The highest BCUT2D eigenvalue weighted by atomic mass is 19.1. The Balaban J connectivity index is 2.84. The number of halogens is 1. The third kappa shape index (κ3) is 2.97. The average Bonchev–Trinajstić information content (AvgIpc) is 2.26. The lowest BCUT2D eigenvalue weighted by atomic mass is 10.1. The molecule has 0 bridgehead atoms. The Bertz CT molecular complexity index is 370. The summed E-state index contributed by atoms with van der Waals surface area (Å²) in [6.07, 6.45) is 5.02. The number of nitrogens with one attached hydrogen (secondary N) is 1. The molecular formula is C12H14FNO. The molecule has 0 amide bonds. The van der Waals surface area contributed by atoms with E-state index in [0.29, 0.717) is 0 Å². The van der Waals surface area contributed by atoms with E-state index in [4.69, 9.17) is 11.2 Å². The zero-order chi connectivity index (χ0) is 11.3. The quantitative estimate of drug-likeness (QED) is 0.763. The fraction of sp³-hybridized carbons (Fsp3) is 0.333. The summed E-state index contributed by atoms with van der Waals surface area (Å²) in [6.45, 7) is 2.04. The van der Waals surface area contributed by atoms with Crippen LogP contribution in [0.5, 0.6) is 5.75 Å². The molecule has 1 atom stereocenters. The second-order valence-corrected chi connectivity index (χ2v) is 3.19. The Hall–Kier alpha value is -1.53. The first-order chi connectivity index (χ1) is 7.19. The highest BCUT2D eigenvalue weighted by molar-refractivity contribution is 5.31. The van der Waals surface area contributed by atoms with Crippen molar-refractivity contribution >= 4 is 0 Å². The SMILES string of the molecule is C#CCOc1ccc(C(C)NC)cc1F. The standard InChI is InChI=1S/C12H14FNO/c1-4-7-15-12-6-5-10(8-11(12)13)9(2)14-3/h1,5-6,8-9,14H,7H2,2-3H3. The van der Waals surface area contributed by atoms with E-state index >= 15 is 0 Å². The number of hydrogen-bond donors (Lipinski definition) is 1. The molecule has 1 aromatic carbocycles. The van der Waals surface area contributed by atoms with Gasteiger partial charge in [-0.2, -0.15) is 0 Å². The van der Waals surface area contributed by atoms with Crippen LogP contribution in [0, 0.1) is 18.2 Å². The van der Waals surface area contributed by atoms with Crippen molar-refractivity contribution in [3.05, 3.63) is 29.6 Å². The molecule has 0 radical (unpaired) electrons. The summed E-state index contributed by atoms with van der Waals surface area (Å²) >= 11 is 0. The first kappa shape index (κ1) is 11.5. The minimum absolute atomic E-state index is 0.0812. The van der Waals surface area contributed by atoms with Crippen LogP contribution in [-0.2, 0) is 0 Å². The van der Waals surface area contributed by atoms with Crippen molar-refractivity contribution < 1.29 is 9.13 Å². The summed E-state index contributed by atoms with van der Waals surface area (Å²) in [4.78, 5) is 0. The Morgan fingerprint density at radius 2 is 2.33 bits per heavy atom. The van der Waals surface area contributed by atoms with Gasteiger partial charge in [0.1, 0.15) is 6.61 Å². The van der Waals surface area contributed by atoms with Crippen LogP contribution in [0.25, 0.3) is 0 Å². The van der Waals surface area contributed by atoms with Crippen LogP contribution in [0.15, 0.2) is 18.2 Å². The third-order valence-corrected chi connectivity index (χ3v) is 2.20. The maximum Gasteiger partial charge on any atom is 0.165 e. The van der Waals surface area contributed by atoms with Crippen molar-refractivity contribution in [2.45, 2.75) is 13.0 Å². The highest BCUT2D eigenvalue weighted by Gasteiger charge is 2.07. The second kappa shape index (κ2) is 5.38. The van der Waals surface area contributed by atoms with E-state index in [9.17, 15) is 4.39 Å². The smallest absolute Gasteiger partial charge is 0.165 e. The van der Waals surface area contributed by atoms with Crippen LogP contribution in [-0.4, -0.2) is 13.7 Å². The number of terminal acetylenes is 1. The lowest BCUT2D eigenvalue weighted by Gasteiger charge is -2.12. The summed E-state index contributed by atoms with van der Waals surface area (Å²) in [7, 11) is 1.82. The fourth-order valence-electron chi connectivity index (χ4n) is 1.19. The monoisotopic (exact) mass is 207 g/mol. The molecular weight excluding hydrogens is 193 g/mol. The van der Waals surface area contributed by atoms with E-state index in [1.165, 1.54) is 6.07 Å². The normalized spacial score (nSPS) is 11.9. The van der Waals surface area contributed by atoms with Crippen molar-refractivity contribution in [2.24, 2.45) is 0 Å². The predicted molar refractivity (Wildman–Crippen MR) is 58.2 cm³/mol. The minimum atomic E-state index is -0.384. The number of hydrogen-bond acceptors (Lipinski definition) is 2. The molecule has 3 heteroatoms. The van der Waals surface area contributed by atoms with Crippen molar-refractivity contribution in [1.29, 1.82) is 0 Å². The van der Waals surface area contributed by atoms with E-state index in [-0.39, 0.29) is 24.2 Å². The van der Waals surface area contributed by atoms with Crippen LogP contribution in [0.1, 0.15) is 18.5 Å². The topological polar surface area (TPSA) is 21.3 Å². The Kier molecular flexibility index (Phi) is 4.14. The Morgan fingerprint density at radius 1 is 1.60 bits per heavy atom. The zero-order valence-corrected chi connectivity index (χ0v) is 8.88. The van der Waals surface area contributed by atoms with Gasteiger partial charge in [0, 0.05) is 6.04 Å². The van der Waals surface area contributed by atoms with Crippen LogP contribution in [0.3, 0.4) is 0 Å². The molecule has 0 fully saturated rings. The molecule has 1 aromatic rings. The largest absolute Gasteiger partial charge is 0.478 e. The summed E-state index contributed by atoms with van der Waals surface area (Å²) in [5.41, 5.74) is 0.878. The van der Waals surface area contributed by atoms with E-state index in [2.05, 4.69) is 11.2 Å². The van der Waals surface area contributed by atoms with E-state index in [1.54, 1.807) is 6.07 Å².